The number of hydrogen-bond donors (Lipinski definition) is 1. The highest BCUT2D eigenvalue weighted by Gasteiger charge is 2.19. The smallest absolute Gasteiger partial charge is 0.238 e. The third-order valence-corrected chi connectivity index (χ3v) is 3.67. The Hall–Kier alpha value is -1.41. The molecule has 1 atom stereocenters. The molecule has 3 nitrogen and oxygen atoms in total. The minimum atomic E-state index is -0.501. The van der Waals surface area contributed by atoms with E-state index in [9.17, 15) is 9.18 Å². The molecule has 5 heteroatoms. The van der Waals surface area contributed by atoms with Crippen LogP contribution in [-0.4, -0.2) is 10.7 Å². The van der Waals surface area contributed by atoms with Gasteiger partial charge in [0, 0.05) is 0 Å². The maximum atomic E-state index is 12.9. The normalized spacial score (nSPS) is 12.0. The van der Waals surface area contributed by atoms with Crippen LogP contribution in [0.1, 0.15) is 19.4 Å². The number of anilines is 1. The summed E-state index contributed by atoms with van der Waals surface area (Å²) in [4.78, 5) is 11.4. The van der Waals surface area contributed by atoms with E-state index in [0.717, 1.165) is 6.07 Å². The monoisotopic (exact) mass is 298 g/mol. The van der Waals surface area contributed by atoms with Crippen LogP contribution in [0.4, 0.5) is 10.1 Å². The van der Waals surface area contributed by atoms with Crippen LogP contribution in [0.25, 0.3) is 0 Å². The van der Waals surface area contributed by atoms with Gasteiger partial charge in [0.15, 0.2) is 0 Å². The standard InChI is InChI=1S/C12H12BrFN2O/c1-7(2)11(13)12(17)16-10-4-3-9(14)5-8(10)6-15/h3-5,7,11H,1-2H3,(H,16,17). The van der Waals surface area contributed by atoms with Crippen molar-refractivity contribution >= 4 is 27.5 Å². The summed E-state index contributed by atoms with van der Waals surface area (Å²) in [7, 11) is 0. The highest BCUT2D eigenvalue weighted by Crippen LogP contribution is 2.19. The predicted octanol–water partition coefficient (Wildman–Crippen LogP) is 3.06. The Morgan fingerprint density at radius 3 is 2.71 bits per heavy atom. The molecule has 90 valence electrons. The maximum Gasteiger partial charge on any atom is 0.238 e. The first-order valence-electron chi connectivity index (χ1n) is 5.10. The van der Waals surface area contributed by atoms with E-state index in [1.807, 2.05) is 19.9 Å². The molecule has 0 spiro atoms. The maximum absolute atomic E-state index is 12.9. The van der Waals surface area contributed by atoms with Crippen LogP contribution in [0.15, 0.2) is 18.2 Å². The van der Waals surface area contributed by atoms with Gasteiger partial charge in [-0.15, -0.1) is 0 Å². The molecule has 0 aliphatic rings. The summed E-state index contributed by atoms with van der Waals surface area (Å²) in [6.07, 6.45) is 0. The summed E-state index contributed by atoms with van der Waals surface area (Å²) in [6.45, 7) is 3.80. The number of alkyl halides is 1. The zero-order valence-electron chi connectivity index (χ0n) is 9.50. The van der Waals surface area contributed by atoms with Crippen molar-refractivity contribution in [3.63, 3.8) is 0 Å². The lowest BCUT2D eigenvalue weighted by Crippen LogP contribution is -2.27. The zero-order chi connectivity index (χ0) is 13.0. The molecule has 17 heavy (non-hydrogen) atoms. The van der Waals surface area contributed by atoms with E-state index in [1.165, 1.54) is 12.1 Å². The number of nitrogens with one attached hydrogen (secondary N) is 1. The first kappa shape index (κ1) is 13.7. The van der Waals surface area contributed by atoms with E-state index in [2.05, 4.69) is 21.2 Å². The average Bonchev–Trinajstić information content (AvgIpc) is 2.30. The van der Waals surface area contributed by atoms with Crippen molar-refractivity contribution in [1.29, 1.82) is 5.26 Å². The number of halogens is 2. The van der Waals surface area contributed by atoms with Crippen molar-refractivity contribution < 1.29 is 9.18 Å². The lowest BCUT2D eigenvalue weighted by Gasteiger charge is -2.14. The van der Waals surface area contributed by atoms with Crippen LogP contribution in [-0.2, 0) is 4.79 Å². The third kappa shape index (κ3) is 3.53. The minimum absolute atomic E-state index is 0.113. The summed E-state index contributed by atoms with van der Waals surface area (Å²) in [5.41, 5.74) is 0.436. The van der Waals surface area contributed by atoms with Gasteiger partial charge in [-0.2, -0.15) is 5.26 Å². The minimum Gasteiger partial charge on any atom is -0.324 e. The summed E-state index contributed by atoms with van der Waals surface area (Å²) < 4.78 is 12.9. The number of amides is 1. The molecule has 0 radical (unpaired) electrons. The Bertz CT molecular complexity index is 468. The number of hydrogen-bond acceptors (Lipinski definition) is 2. The SMILES string of the molecule is CC(C)C(Br)C(=O)Nc1ccc(F)cc1C#N. The van der Waals surface area contributed by atoms with E-state index >= 15 is 0 Å². The number of nitrogens with zero attached hydrogens (tertiary/aromatic N) is 1. The van der Waals surface area contributed by atoms with Gasteiger partial charge in [-0.05, 0) is 24.1 Å². The van der Waals surface area contributed by atoms with E-state index in [1.54, 1.807) is 0 Å². The molecule has 1 amide bonds. The molecule has 1 aromatic rings. The Morgan fingerprint density at radius 2 is 2.18 bits per heavy atom. The fourth-order valence-corrected chi connectivity index (χ4v) is 1.34. The van der Waals surface area contributed by atoms with Crippen LogP contribution in [0, 0.1) is 23.1 Å². The molecule has 1 N–H and O–H groups in total. The van der Waals surface area contributed by atoms with Gasteiger partial charge in [0.05, 0.1) is 16.1 Å². The topological polar surface area (TPSA) is 52.9 Å². The summed E-state index contributed by atoms with van der Waals surface area (Å²) in [6, 6.07) is 5.52. The molecule has 0 heterocycles. The van der Waals surface area contributed by atoms with Crippen LogP contribution in [0.3, 0.4) is 0 Å². The number of benzene rings is 1. The van der Waals surface area contributed by atoms with Crippen molar-refractivity contribution in [2.45, 2.75) is 18.7 Å². The van der Waals surface area contributed by atoms with Crippen LogP contribution in [0.5, 0.6) is 0 Å². The fourth-order valence-electron chi connectivity index (χ4n) is 1.22. The van der Waals surface area contributed by atoms with Crippen molar-refractivity contribution in [2.24, 2.45) is 5.92 Å². The van der Waals surface area contributed by atoms with Gasteiger partial charge in [-0.25, -0.2) is 4.39 Å². The molecule has 0 saturated heterocycles. The molecule has 0 aromatic heterocycles. The highest BCUT2D eigenvalue weighted by molar-refractivity contribution is 9.10. The Balaban J connectivity index is 2.89. The number of rotatable bonds is 3. The van der Waals surface area contributed by atoms with Gasteiger partial charge in [-0.3, -0.25) is 4.79 Å². The Labute approximate surface area is 108 Å². The fraction of sp³-hybridized carbons (Fsp3) is 0.333. The summed E-state index contributed by atoms with van der Waals surface area (Å²) in [5, 5.41) is 11.4. The molecule has 1 aromatic carbocycles. The predicted molar refractivity (Wildman–Crippen MR) is 67.3 cm³/mol. The first-order chi connectivity index (χ1) is 7.95. The molecule has 0 aliphatic heterocycles. The Kier molecular flexibility index (Phi) is 4.64. The van der Waals surface area contributed by atoms with Crippen molar-refractivity contribution in [3.8, 4) is 6.07 Å². The number of nitriles is 1. The Morgan fingerprint density at radius 1 is 1.53 bits per heavy atom. The van der Waals surface area contributed by atoms with Gasteiger partial charge in [0.2, 0.25) is 5.91 Å². The first-order valence-corrected chi connectivity index (χ1v) is 6.02. The number of carbonyl (C=O) groups excluding carboxylic acids is 1. The van der Waals surface area contributed by atoms with Crippen LogP contribution >= 0.6 is 15.9 Å². The largest absolute Gasteiger partial charge is 0.324 e. The van der Waals surface area contributed by atoms with Crippen LogP contribution in [0.2, 0.25) is 0 Å². The molecule has 0 aliphatic carbocycles. The molecular weight excluding hydrogens is 287 g/mol. The van der Waals surface area contributed by atoms with Crippen molar-refractivity contribution in [1.82, 2.24) is 0 Å². The average molecular weight is 299 g/mol. The lowest BCUT2D eigenvalue weighted by atomic mass is 10.1. The van der Waals surface area contributed by atoms with E-state index in [0.29, 0.717) is 5.69 Å². The second-order valence-electron chi connectivity index (χ2n) is 3.94. The lowest BCUT2D eigenvalue weighted by molar-refractivity contribution is -0.116. The van der Waals surface area contributed by atoms with E-state index in [-0.39, 0.29) is 22.2 Å². The van der Waals surface area contributed by atoms with Gasteiger partial charge in [0.25, 0.3) is 0 Å². The third-order valence-electron chi connectivity index (χ3n) is 2.20. The quantitative estimate of drug-likeness (QED) is 0.872. The van der Waals surface area contributed by atoms with Crippen molar-refractivity contribution in [3.05, 3.63) is 29.6 Å². The summed E-state index contributed by atoms with van der Waals surface area (Å²) >= 11 is 3.26. The molecule has 0 saturated carbocycles. The zero-order valence-corrected chi connectivity index (χ0v) is 11.1. The molecule has 1 unspecified atom stereocenters. The second-order valence-corrected chi connectivity index (χ2v) is 4.92. The highest BCUT2D eigenvalue weighted by atomic mass is 79.9. The second kappa shape index (κ2) is 5.78. The molecule has 0 fully saturated rings. The molecule has 0 bridgehead atoms. The van der Waals surface area contributed by atoms with Gasteiger partial charge >= 0.3 is 0 Å². The van der Waals surface area contributed by atoms with Crippen LogP contribution < -0.4 is 5.32 Å². The molecular formula is C12H12BrFN2O. The van der Waals surface area contributed by atoms with Crippen molar-refractivity contribution in [2.75, 3.05) is 5.32 Å². The van der Waals surface area contributed by atoms with Gasteiger partial charge in [-0.1, -0.05) is 29.8 Å². The van der Waals surface area contributed by atoms with Gasteiger partial charge < -0.3 is 5.32 Å². The number of carbonyl (C=O) groups is 1. The van der Waals surface area contributed by atoms with E-state index < -0.39 is 5.82 Å². The molecule has 1 rings (SSSR count). The van der Waals surface area contributed by atoms with E-state index in [4.69, 9.17) is 5.26 Å². The van der Waals surface area contributed by atoms with Gasteiger partial charge in [0.1, 0.15) is 11.9 Å². The summed E-state index contributed by atoms with van der Waals surface area (Å²) in [5.74, 6) is -0.622.